The number of carbonyl (C=O) groups excluding carboxylic acids is 1. The van der Waals surface area contributed by atoms with Crippen molar-refractivity contribution in [1.82, 2.24) is 25.1 Å². The molecule has 1 saturated heterocycles. The van der Waals surface area contributed by atoms with E-state index in [1.807, 2.05) is 53.4 Å². The van der Waals surface area contributed by atoms with Gasteiger partial charge in [0.05, 0.1) is 5.69 Å². The highest BCUT2D eigenvalue weighted by atomic mass is 16.5. The monoisotopic (exact) mass is 363 g/mol. The minimum Gasteiger partial charge on any atom is -0.489 e. The minimum atomic E-state index is 0.113. The van der Waals surface area contributed by atoms with Gasteiger partial charge < -0.3 is 9.64 Å². The Hall–Kier alpha value is -3.22. The lowest BCUT2D eigenvalue weighted by Crippen LogP contribution is -2.35. The molecule has 0 radical (unpaired) electrons. The molecule has 3 aromatic rings. The maximum Gasteiger partial charge on any atom is 0.253 e. The third kappa shape index (κ3) is 4.13. The van der Waals surface area contributed by atoms with Crippen LogP contribution in [-0.4, -0.2) is 44.1 Å². The number of carbonyl (C=O) groups is 1. The Balaban J connectivity index is 1.39. The molecule has 0 saturated carbocycles. The van der Waals surface area contributed by atoms with Crippen molar-refractivity contribution in [3.8, 4) is 11.4 Å². The highest BCUT2D eigenvalue weighted by Gasteiger charge is 2.18. The number of hydrogen-bond acceptors (Lipinski definition) is 5. The minimum absolute atomic E-state index is 0.113. The molecule has 0 spiro atoms. The van der Waals surface area contributed by atoms with Crippen molar-refractivity contribution < 1.29 is 9.53 Å². The van der Waals surface area contributed by atoms with Gasteiger partial charge in [-0.05, 0) is 71.7 Å². The number of aromatic nitrogens is 4. The van der Waals surface area contributed by atoms with Crippen LogP contribution in [0.3, 0.4) is 0 Å². The van der Waals surface area contributed by atoms with Crippen molar-refractivity contribution in [1.29, 1.82) is 0 Å². The van der Waals surface area contributed by atoms with E-state index in [0.29, 0.717) is 6.61 Å². The van der Waals surface area contributed by atoms with Crippen LogP contribution >= 0.6 is 0 Å². The van der Waals surface area contributed by atoms with Gasteiger partial charge in [0.2, 0.25) is 0 Å². The number of rotatable bonds is 5. The van der Waals surface area contributed by atoms with Gasteiger partial charge in [-0.25, -0.2) is 4.68 Å². The predicted octanol–water partition coefficient (Wildman–Crippen LogP) is 2.87. The zero-order valence-electron chi connectivity index (χ0n) is 15.0. The Morgan fingerprint density at radius 3 is 2.59 bits per heavy atom. The number of amides is 1. The summed E-state index contributed by atoms with van der Waals surface area (Å²) in [6.07, 6.45) is 4.94. The van der Waals surface area contributed by atoms with Crippen LogP contribution in [0.4, 0.5) is 0 Å². The molecule has 7 heteroatoms. The summed E-state index contributed by atoms with van der Waals surface area (Å²) in [5.74, 6) is 0.863. The molecule has 4 rings (SSSR count). The standard InChI is InChI=1S/C20H21N5O2/c26-20(24-11-2-1-3-12-24)17-6-4-5-16(13-17)14-27-19-9-7-18(8-10-19)25-15-21-22-23-25/h4-10,13,15H,1-3,11-12,14H2. The zero-order chi connectivity index (χ0) is 18.5. The van der Waals surface area contributed by atoms with Gasteiger partial charge in [0.25, 0.3) is 5.91 Å². The molecule has 138 valence electrons. The summed E-state index contributed by atoms with van der Waals surface area (Å²) < 4.78 is 7.44. The average molecular weight is 363 g/mol. The Morgan fingerprint density at radius 1 is 1.04 bits per heavy atom. The van der Waals surface area contributed by atoms with E-state index in [-0.39, 0.29) is 5.91 Å². The fraction of sp³-hybridized carbons (Fsp3) is 0.300. The van der Waals surface area contributed by atoms with Gasteiger partial charge >= 0.3 is 0 Å². The van der Waals surface area contributed by atoms with Crippen molar-refractivity contribution >= 4 is 5.91 Å². The summed E-state index contributed by atoms with van der Waals surface area (Å²) in [6, 6.07) is 15.2. The number of piperidine rings is 1. The fourth-order valence-corrected chi connectivity index (χ4v) is 3.22. The van der Waals surface area contributed by atoms with E-state index < -0.39 is 0 Å². The van der Waals surface area contributed by atoms with Crippen LogP contribution in [0, 0.1) is 0 Å². The van der Waals surface area contributed by atoms with E-state index in [0.717, 1.165) is 48.5 Å². The van der Waals surface area contributed by atoms with Crippen molar-refractivity contribution in [2.45, 2.75) is 25.9 Å². The largest absolute Gasteiger partial charge is 0.489 e. The highest BCUT2D eigenvalue weighted by molar-refractivity contribution is 5.94. The molecule has 1 amide bonds. The van der Waals surface area contributed by atoms with Crippen molar-refractivity contribution in [3.63, 3.8) is 0 Å². The first-order chi connectivity index (χ1) is 13.3. The first-order valence-electron chi connectivity index (χ1n) is 9.14. The van der Waals surface area contributed by atoms with Gasteiger partial charge in [0.15, 0.2) is 0 Å². The van der Waals surface area contributed by atoms with Gasteiger partial charge in [0, 0.05) is 18.7 Å². The highest BCUT2D eigenvalue weighted by Crippen LogP contribution is 2.18. The van der Waals surface area contributed by atoms with Crippen molar-refractivity contribution in [2.75, 3.05) is 13.1 Å². The second kappa shape index (κ2) is 7.99. The zero-order valence-corrected chi connectivity index (χ0v) is 15.0. The van der Waals surface area contributed by atoms with Gasteiger partial charge in [-0.2, -0.15) is 0 Å². The smallest absolute Gasteiger partial charge is 0.253 e. The van der Waals surface area contributed by atoms with Crippen LogP contribution in [0.2, 0.25) is 0 Å². The molecule has 1 aromatic heterocycles. The predicted molar refractivity (Wildman–Crippen MR) is 99.7 cm³/mol. The normalized spacial score (nSPS) is 14.1. The summed E-state index contributed by atoms with van der Waals surface area (Å²) in [6.45, 7) is 2.12. The molecule has 0 aliphatic carbocycles. The summed E-state index contributed by atoms with van der Waals surface area (Å²) in [4.78, 5) is 14.6. The average Bonchev–Trinajstić information content (AvgIpc) is 3.28. The Bertz CT molecular complexity index is 887. The first kappa shape index (κ1) is 17.2. The molecule has 1 aliphatic heterocycles. The molecule has 7 nitrogen and oxygen atoms in total. The third-order valence-electron chi connectivity index (χ3n) is 4.67. The molecule has 1 aliphatic rings. The Labute approximate surface area is 157 Å². The molecular weight excluding hydrogens is 342 g/mol. The van der Waals surface area contributed by atoms with Gasteiger partial charge in [0.1, 0.15) is 18.7 Å². The summed E-state index contributed by atoms with van der Waals surface area (Å²) in [5, 5.41) is 11.1. The van der Waals surface area contributed by atoms with Gasteiger partial charge in [-0.3, -0.25) is 4.79 Å². The van der Waals surface area contributed by atoms with Crippen LogP contribution < -0.4 is 4.74 Å². The van der Waals surface area contributed by atoms with Crippen LogP contribution in [0.15, 0.2) is 54.9 Å². The summed E-state index contributed by atoms with van der Waals surface area (Å²) in [7, 11) is 0. The van der Waals surface area contributed by atoms with Crippen LogP contribution in [0.5, 0.6) is 5.75 Å². The second-order valence-corrected chi connectivity index (χ2v) is 6.59. The second-order valence-electron chi connectivity index (χ2n) is 6.59. The van der Waals surface area contributed by atoms with Crippen LogP contribution in [-0.2, 0) is 6.61 Å². The number of hydrogen-bond donors (Lipinski definition) is 0. The summed E-state index contributed by atoms with van der Waals surface area (Å²) >= 11 is 0. The van der Waals surface area contributed by atoms with E-state index >= 15 is 0 Å². The molecule has 0 atom stereocenters. The van der Waals surface area contributed by atoms with Gasteiger partial charge in [-0.15, -0.1) is 5.10 Å². The lowest BCUT2D eigenvalue weighted by molar-refractivity contribution is 0.0724. The summed E-state index contributed by atoms with van der Waals surface area (Å²) in [5.41, 5.74) is 2.57. The molecular formula is C20H21N5O2. The lowest BCUT2D eigenvalue weighted by atomic mass is 10.1. The molecule has 2 heterocycles. The van der Waals surface area contributed by atoms with E-state index in [4.69, 9.17) is 4.74 Å². The Morgan fingerprint density at radius 2 is 1.85 bits per heavy atom. The fourth-order valence-electron chi connectivity index (χ4n) is 3.22. The van der Waals surface area contributed by atoms with Crippen LogP contribution in [0.25, 0.3) is 5.69 Å². The molecule has 0 bridgehead atoms. The molecule has 0 N–H and O–H groups in total. The first-order valence-corrected chi connectivity index (χ1v) is 9.14. The quantitative estimate of drug-likeness (QED) is 0.697. The lowest BCUT2D eigenvalue weighted by Gasteiger charge is -2.26. The topological polar surface area (TPSA) is 73.1 Å². The number of tetrazole rings is 1. The molecule has 1 fully saturated rings. The van der Waals surface area contributed by atoms with Crippen molar-refractivity contribution in [3.05, 3.63) is 66.0 Å². The molecule has 27 heavy (non-hydrogen) atoms. The van der Waals surface area contributed by atoms with E-state index in [1.165, 1.54) is 6.42 Å². The number of likely N-dealkylation sites (tertiary alicyclic amines) is 1. The maximum atomic E-state index is 12.6. The Kier molecular flexibility index (Phi) is 5.09. The molecule has 0 unspecified atom stereocenters. The maximum absolute atomic E-state index is 12.6. The van der Waals surface area contributed by atoms with E-state index in [9.17, 15) is 4.79 Å². The number of ether oxygens (including phenoxy) is 1. The SMILES string of the molecule is O=C(c1cccc(COc2ccc(-n3cnnn3)cc2)c1)N1CCCCC1. The van der Waals surface area contributed by atoms with E-state index in [1.54, 1.807) is 11.0 Å². The van der Waals surface area contributed by atoms with E-state index in [2.05, 4.69) is 15.5 Å². The number of benzene rings is 2. The van der Waals surface area contributed by atoms with Crippen molar-refractivity contribution in [2.24, 2.45) is 0 Å². The van der Waals surface area contributed by atoms with Crippen LogP contribution in [0.1, 0.15) is 35.2 Å². The number of nitrogens with zero attached hydrogens (tertiary/aromatic N) is 5. The molecule has 2 aromatic carbocycles. The third-order valence-corrected chi connectivity index (χ3v) is 4.67. The van der Waals surface area contributed by atoms with Gasteiger partial charge in [-0.1, -0.05) is 12.1 Å².